The smallest absolute Gasteiger partial charge is 0.214 e. The second-order valence-corrected chi connectivity index (χ2v) is 5.62. The molecule has 0 aromatic carbocycles. The van der Waals surface area contributed by atoms with Crippen LogP contribution in [0.3, 0.4) is 0 Å². The highest BCUT2D eigenvalue weighted by Crippen LogP contribution is 2.37. The molecule has 3 rings (SSSR count). The number of aromatic nitrogens is 5. The highest BCUT2D eigenvalue weighted by atomic mass is 32.2. The Hall–Kier alpha value is -1.47. The molecule has 100 valence electrons. The molecule has 7 heteroatoms. The molecule has 6 nitrogen and oxygen atoms in total. The summed E-state index contributed by atoms with van der Waals surface area (Å²) >= 11 is 1.50. The third-order valence-electron chi connectivity index (χ3n) is 3.05. The van der Waals surface area contributed by atoms with Gasteiger partial charge >= 0.3 is 0 Å². The number of pyridine rings is 1. The van der Waals surface area contributed by atoms with Crippen LogP contribution in [0.4, 0.5) is 0 Å². The second-order valence-electron chi connectivity index (χ2n) is 4.58. The Morgan fingerprint density at radius 3 is 2.95 bits per heavy atom. The third kappa shape index (κ3) is 2.76. The van der Waals surface area contributed by atoms with Crippen molar-refractivity contribution in [3.8, 4) is 0 Å². The Morgan fingerprint density at radius 1 is 1.47 bits per heavy atom. The minimum absolute atomic E-state index is 0.464. The lowest BCUT2D eigenvalue weighted by molar-refractivity contribution is 0.169. The number of aliphatic hydroxyl groups excluding tert-OH is 1. The van der Waals surface area contributed by atoms with Gasteiger partial charge in [-0.15, -0.1) is 5.10 Å². The lowest BCUT2D eigenvalue weighted by atomic mass is 10.2. The molecule has 1 aliphatic carbocycles. The highest BCUT2D eigenvalue weighted by molar-refractivity contribution is 7.99. The Kier molecular flexibility index (Phi) is 3.48. The quantitative estimate of drug-likeness (QED) is 0.900. The van der Waals surface area contributed by atoms with E-state index in [4.69, 9.17) is 0 Å². The van der Waals surface area contributed by atoms with Gasteiger partial charge in [0.1, 0.15) is 0 Å². The summed E-state index contributed by atoms with van der Waals surface area (Å²) in [6, 6.07) is 4.26. The van der Waals surface area contributed by atoms with Crippen LogP contribution in [-0.4, -0.2) is 30.3 Å². The van der Waals surface area contributed by atoms with E-state index in [0.717, 1.165) is 22.9 Å². The largest absolute Gasteiger partial charge is 0.387 e. The van der Waals surface area contributed by atoms with Crippen LogP contribution in [0.5, 0.6) is 0 Å². The van der Waals surface area contributed by atoms with Crippen LogP contribution in [0.25, 0.3) is 0 Å². The molecule has 0 bridgehead atoms. The van der Waals surface area contributed by atoms with Crippen LogP contribution in [0.2, 0.25) is 0 Å². The molecular formula is C12H15N5OS. The van der Waals surface area contributed by atoms with Crippen molar-refractivity contribution < 1.29 is 5.11 Å². The first-order chi connectivity index (χ1) is 9.28. The lowest BCUT2D eigenvalue weighted by Gasteiger charge is -2.07. The maximum atomic E-state index is 9.70. The predicted octanol–water partition coefficient (Wildman–Crippen LogP) is 2.00. The van der Waals surface area contributed by atoms with Gasteiger partial charge in [-0.3, -0.25) is 4.98 Å². The molecule has 1 N–H and O–H groups in total. The number of hydrogen-bond donors (Lipinski definition) is 1. The maximum absolute atomic E-state index is 9.70. The highest BCUT2D eigenvalue weighted by Gasteiger charge is 2.28. The molecule has 0 saturated heterocycles. The normalized spacial score (nSPS) is 16.5. The van der Waals surface area contributed by atoms with Crippen molar-refractivity contribution in [3.63, 3.8) is 0 Å². The average molecular weight is 277 g/mol. The fourth-order valence-electron chi connectivity index (χ4n) is 1.76. The summed E-state index contributed by atoms with van der Waals surface area (Å²) in [7, 11) is 0. The van der Waals surface area contributed by atoms with Crippen LogP contribution in [-0.2, 0) is 0 Å². The van der Waals surface area contributed by atoms with Crippen molar-refractivity contribution in [3.05, 3.63) is 24.0 Å². The van der Waals surface area contributed by atoms with Gasteiger partial charge in [-0.2, -0.15) is 0 Å². The number of hydrogen-bond acceptors (Lipinski definition) is 6. The first-order valence-electron chi connectivity index (χ1n) is 6.37. The lowest BCUT2D eigenvalue weighted by Crippen LogP contribution is -1.99. The topological polar surface area (TPSA) is 76.7 Å². The van der Waals surface area contributed by atoms with E-state index in [1.807, 2.05) is 23.7 Å². The van der Waals surface area contributed by atoms with E-state index in [9.17, 15) is 5.11 Å². The van der Waals surface area contributed by atoms with E-state index < -0.39 is 6.10 Å². The van der Waals surface area contributed by atoms with Crippen LogP contribution in [0.15, 0.2) is 28.4 Å². The molecule has 2 aromatic heterocycles. The van der Waals surface area contributed by atoms with Crippen molar-refractivity contribution in [1.82, 2.24) is 25.2 Å². The number of aliphatic hydroxyl groups is 1. The van der Waals surface area contributed by atoms with Crippen molar-refractivity contribution in [2.24, 2.45) is 0 Å². The van der Waals surface area contributed by atoms with Gasteiger partial charge in [0.2, 0.25) is 5.16 Å². The number of tetrazole rings is 1. The summed E-state index contributed by atoms with van der Waals surface area (Å²) in [6.45, 7) is 1.93. The Balaban J connectivity index is 1.74. The molecule has 1 atom stereocenters. The first-order valence-corrected chi connectivity index (χ1v) is 7.19. The van der Waals surface area contributed by atoms with Gasteiger partial charge < -0.3 is 5.11 Å². The molecule has 1 saturated carbocycles. The predicted molar refractivity (Wildman–Crippen MR) is 69.7 cm³/mol. The zero-order valence-electron chi connectivity index (χ0n) is 10.6. The van der Waals surface area contributed by atoms with E-state index in [2.05, 4.69) is 20.5 Å². The molecule has 1 aliphatic rings. The van der Waals surface area contributed by atoms with Gasteiger partial charge in [0.15, 0.2) is 0 Å². The van der Waals surface area contributed by atoms with E-state index in [0.29, 0.717) is 18.2 Å². The van der Waals surface area contributed by atoms with Gasteiger partial charge in [-0.05, 0) is 53.6 Å². The fourth-order valence-corrected chi connectivity index (χ4v) is 2.57. The number of nitrogens with zero attached hydrogens (tertiary/aromatic N) is 5. The molecule has 0 amide bonds. The zero-order chi connectivity index (χ0) is 13.2. The standard InChI is InChI=1S/C12H15N5OS/c1-2-11(18)10-6-5-9(7-13-10)19-12-14-15-16-17(12)8-3-4-8/h5-8,11,18H,2-4H2,1H3/t11-/m0/s1. The van der Waals surface area contributed by atoms with Gasteiger partial charge in [-0.25, -0.2) is 4.68 Å². The van der Waals surface area contributed by atoms with Gasteiger partial charge in [0.25, 0.3) is 0 Å². The van der Waals surface area contributed by atoms with Crippen molar-refractivity contribution in [2.45, 2.75) is 48.4 Å². The summed E-state index contributed by atoms with van der Waals surface area (Å²) in [5.74, 6) is 0. The molecule has 2 heterocycles. The fraction of sp³-hybridized carbons (Fsp3) is 0.500. The van der Waals surface area contributed by atoms with E-state index in [1.54, 1.807) is 6.20 Å². The van der Waals surface area contributed by atoms with Crippen LogP contribution >= 0.6 is 11.8 Å². The molecule has 0 unspecified atom stereocenters. The Morgan fingerprint density at radius 2 is 2.32 bits per heavy atom. The summed E-state index contributed by atoms with van der Waals surface area (Å²) < 4.78 is 1.87. The Labute approximate surface area is 115 Å². The summed E-state index contributed by atoms with van der Waals surface area (Å²) in [5, 5.41) is 22.3. The molecule has 0 radical (unpaired) electrons. The minimum atomic E-state index is -0.490. The van der Waals surface area contributed by atoms with Gasteiger partial charge in [-0.1, -0.05) is 6.92 Å². The van der Waals surface area contributed by atoms with Crippen LogP contribution < -0.4 is 0 Å². The SMILES string of the molecule is CC[C@H](O)c1ccc(Sc2nnnn2C2CC2)cn1. The van der Waals surface area contributed by atoms with Crippen molar-refractivity contribution in [2.75, 3.05) is 0 Å². The summed E-state index contributed by atoms with van der Waals surface area (Å²) in [4.78, 5) is 5.25. The molecule has 0 aliphatic heterocycles. The third-order valence-corrected chi connectivity index (χ3v) is 3.98. The molecular weight excluding hydrogens is 262 g/mol. The molecule has 1 fully saturated rings. The van der Waals surface area contributed by atoms with Gasteiger partial charge in [0.05, 0.1) is 17.8 Å². The molecule has 0 spiro atoms. The van der Waals surface area contributed by atoms with E-state index >= 15 is 0 Å². The zero-order valence-corrected chi connectivity index (χ0v) is 11.4. The molecule has 2 aromatic rings. The Bertz CT molecular complexity index is 552. The van der Waals surface area contributed by atoms with E-state index in [-0.39, 0.29) is 0 Å². The minimum Gasteiger partial charge on any atom is -0.387 e. The van der Waals surface area contributed by atoms with Crippen LogP contribution in [0.1, 0.15) is 44.0 Å². The first kappa shape index (κ1) is 12.6. The number of rotatable bonds is 5. The summed E-state index contributed by atoms with van der Waals surface area (Å²) in [6.07, 6.45) is 4.23. The molecule has 19 heavy (non-hydrogen) atoms. The maximum Gasteiger partial charge on any atom is 0.214 e. The average Bonchev–Trinajstić information content (AvgIpc) is 3.19. The van der Waals surface area contributed by atoms with Crippen molar-refractivity contribution >= 4 is 11.8 Å². The van der Waals surface area contributed by atoms with Crippen LogP contribution in [0, 0.1) is 0 Å². The van der Waals surface area contributed by atoms with Gasteiger partial charge in [0, 0.05) is 11.1 Å². The summed E-state index contributed by atoms with van der Waals surface area (Å²) in [5.41, 5.74) is 0.702. The second kappa shape index (κ2) is 5.26. The van der Waals surface area contributed by atoms with Crippen molar-refractivity contribution in [1.29, 1.82) is 0 Å². The monoisotopic (exact) mass is 277 g/mol. The van der Waals surface area contributed by atoms with E-state index in [1.165, 1.54) is 11.8 Å².